The Kier molecular flexibility index (Phi) is 3.21. The zero-order valence-electron chi connectivity index (χ0n) is 8.56. The number of aliphatic hydroxyl groups is 1. The van der Waals surface area contributed by atoms with Gasteiger partial charge in [0.25, 0.3) is 0 Å². The number of hydrogen-bond acceptors (Lipinski definition) is 5. The maximum atomic E-state index is 10.6. The second-order valence-electron chi connectivity index (χ2n) is 3.76. The average Bonchev–Trinajstić information content (AvgIpc) is 2.14. The van der Waals surface area contributed by atoms with Crippen LogP contribution >= 0.6 is 0 Å². The van der Waals surface area contributed by atoms with Gasteiger partial charge in [0.05, 0.1) is 18.0 Å². The van der Waals surface area contributed by atoms with Gasteiger partial charge < -0.3 is 15.5 Å². The van der Waals surface area contributed by atoms with Gasteiger partial charge in [0.2, 0.25) is 0 Å². The maximum Gasteiger partial charge on any atom is 0.356 e. The molecule has 15 heavy (non-hydrogen) atoms. The van der Waals surface area contributed by atoms with Crippen molar-refractivity contribution in [3.63, 3.8) is 0 Å². The predicted molar refractivity (Wildman–Crippen MR) is 53.8 cm³/mol. The molecule has 82 valence electrons. The second kappa shape index (κ2) is 4.22. The highest BCUT2D eigenvalue weighted by molar-refractivity contribution is 5.85. The molecule has 1 heterocycles. The lowest BCUT2D eigenvalue weighted by atomic mass is 10.1. The molecule has 0 saturated heterocycles. The summed E-state index contributed by atoms with van der Waals surface area (Å²) in [5.41, 5.74) is -1.02. The number of nitrogens with zero attached hydrogens (tertiary/aromatic N) is 2. The molecule has 0 atom stereocenters. The van der Waals surface area contributed by atoms with Crippen LogP contribution in [0.2, 0.25) is 0 Å². The van der Waals surface area contributed by atoms with Crippen molar-refractivity contribution in [2.24, 2.45) is 0 Å². The van der Waals surface area contributed by atoms with Crippen molar-refractivity contribution in [2.75, 3.05) is 11.9 Å². The fourth-order valence-corrected chi connectivity index (χ4v) is 0.861. The number of carboxylic acids is 1. The lowest BCUT2D eigenvalue weighted by molar-refractivity contribution is 0.0690. The van der Waals surface area contributed by atoms with Crippen molar-refractivity contribution in [1.29, 1.82) is 0 Å². The van der Waals surface area contributed by atoms with Crippen molar-refractivity contribution in [3.05, 3.63) is 18.1 Å². The third-order valence-electron chi connectivity index (χ3n) is 1.56. The molecule has 0 amide bonds. The van der Waals surface area contributed by atoms with Crippen molar-refractivity contribution < 1.29 is 15.0 Å². The summed E-state index contributed by atoms with van der Waals surface area (Å²) >= 11 is 0. The molecule has 3 N–H and O–H groups in total. The number of anilines is 1. The SMILES string of the molecule is CC(C)(O)CNc1cncc(C(=O)O)n1. The van der Waals surface area contributed by atoms with E-state index in [1.54, 1.807) is 13.8 Å². The fourth-order valence-electron chi connectivity index (χ4n) is 0.861. The third-order valence-corrected chi connectivity index (χ3v) is 1.56. The normalized spacial score (nSPS) is 11.1. The zero-order chi connectivity index (χ0) is 11.5. The van der Waals surface area contributed by atoms with E-state index >= 15 is 0 Å². The van der Waals surface area contributed by atoms with Gasteiger partial charge in [-0.2, -0.15) is 0 Å². The molecule has 1 aromatic heterocycles. The smallest absolute Gasteiger partial charge is 0.356 e. The van der Waals surface area contributed by atoms with Crippen LogP contribution in [0, 0.1) is 0 Å². The van der Waals surface area contributed by atoms with Crippen LogP contribution in [-0.2, 0) is 0 Å². The summed E-state index contributed by atoms with van der Waals surface area (Å²) in [6.07, 6.45) is 2.57. The van der Waals surface area contributed by atoms with Gasteiger partial charge in [0.15, 0.2) is 5.69 Å². The Morgan fingerprint density at radius 3 is 2.73 bits per heavy atom. The number of carboxylic acid groups (broad SMARTS) is 1. The summed E-state index contributed by atoms with van der Waals surface area (Å²) in [7, 11) is 0. The first-order valence-electron chi connectivity index (χ1n) is 4.40. The number of aromatic nitrogens is 2. The maximum absolute atomic E-state index is 10.6. The monoisotopic (exact) mass is 211 g/mol. The van der Waals surface area contributed by atoms with Gasteiger partial charge in [0, 0.05) is 6.54 Å². The summed E-state index contributed by atoms with van der Waals surface area (Å²) in [5.74, 6) is -0.800. The first kappa shape index (κ1) is 11.4. The second-order valence-corrected chi connectivity index (χ2v) is 3.76. The Morgan fingerprint density at radius 1 is 1.53 bits per heavy atom. The predicted octanol–water partition coefficient (Wildman–Crippen LogP) is 0.358. The number of nitrogens with one attached hydrogen (secondary N) is 1. The first-order chi connectivity index (χ1) is 6.88. The van der Waals surface area contributed by atoms with E-state index in [0.717, 1.165) is 6.20 Å². The Hall–Kier alpha value is -1.69. The topological polar surface area (TPSA) is 95.3 Å². The molecular weight excluding hydrogens is 198 g/mol. The lowest BCUT2D eigenvalue weighted by Gasteiger charge is -2.17. The Morgan fingerprint density at radius 2 is 2.20 bits per heavy atom. The average molecular weight is 211 g/mol. The zero-order valence-corrected chi connectivity index (χ0v) is 8.56. The van der Waals surface area contributed by atoms with E-state index in [0.29, 0.717) is 5.82 Å². The lowest BCUT2D eigenvalue weighted by Crippen LogP contribution is -2.29. The van der Waals surface area contributed by atoms with Gasteiger partial charge in [-0.05, 0) is 13.8 Å². The van der Waals surface area contributed by atoms with E-state index in [-0.39, 0.29) is 12.2 Å². The Balaban J connectivity index is 2.70. The van der Waals surface area contributed by atoms with Gasteiger partial charge in [-0.15, -0.1) is 0 Å². The van der Waals surface area contributed by atoms with Crippen LogP contribution in [0.1, 0.15) is 24.3 Å². The van der Waals surface area contributed by atoms with Gasteiger partial charge in [0.1, 0.15) is 5.82 Å². The van der Waals surface area contributed by atoms with E-state index in [4.69, 9.17) is 5.11 Å². The van der Waals surface area contributed by atoms with Crippen molar-refractivity contribution >= 4 is 11.8 Å². The molecule has 6 nitrogen and oxygen atoms in total. The molecule has 0 aliphatic heterocycles. The highest BCUT2D eigenvalue weighted by Crippen LogP contribution is 2.06. The molecule has 1 aromatic rings. The van der Waals surface area contributed by atoms with Crippen LogP contribution < -0.4 is 5.32 Å². The molecule has 0 radical (unpaired) electrons. The number of hydrogen-bond donors (Lipinski definition) is 3. The molecule has 0 unspecified atom stereocenters. The molecule has 0 aliphatic rings. The fraction of sp³-hybridized carbons (Fsp3) is 0.444. The van der Waals surface area contributed by atoms with E-state index < -0.39 is 11.6 Å². The quantitative estimate of drug-likeness (QED) is 0.665. The van der Waals surface area contributed by atoms with Crippen LogP contribution in [0.25, 0.3) is 0 Å². The molecule has 6 heteroatoms. The van der Waals surface area contributed by atoms with Crippen molar-refractivity contribution in [1.82, 2.24) is 9.97 Å². The number of carbonyl (C=O) groups is 1. The Labute approximate surface area is 87.0 Å². The van der Waals surface area contributed by atoms with Gasteiger partial charge in [-0.3, -0.25) is 4.98 Å². The highest BCUT2D eigenvalue weighted by atomic mass is 16.4. The molecular formula is C9H13N3O3. The Bertz CT molecular complexity index is 360. The molecule has 0 spiro atoms. The summed E-state index contributed by atoms with van der Waals surface area (Å²) < 4.78 is 0. The van der Waals surface area contributed by atoms with Crippen LogP contribution in [-0.4, -0.2) is 38.3 Å². The molecule has 0 fully saturated rings. The highest BCUT2D eigenvalue weighted by Gasteiger charge is 2.13. The van der Waals surface area contributed by atoms with Crippen molar-refractivity contribution in [2.45, 2.75) is 19.4 Å². The van der Waals surface area contributed by atoms with Crippen LogP contribution in [0.4, 0.5) is 5.82 Å². The third kappa shape index (κ3) is 3.90. The molecule has 1 rings (SSSR count). The largest absolute Gasteiger partial charge is 0.476 e. The van der Waals surface area contributed by atoms with E-state index in [2.05, 4.69) is 15.3 Å². The molecule has 0 aliphatic carbocycles. The summed E-state index contributed by atoms with van der Waals surface area (Å²) in [5, 5.41) is 20.9. The summed E-state index contributed by atoms with van der Waals surface area (Å²) in [4.78, 5) is 18.1. The molecule has 0 saturated carbocycles. The summed E-state index contributed by atoms with van der Waals surface area (Å²) in [6, 6.07) is 0. The minimum Gasteiger partial charge on any atom is -0.476 e. The van der Waals surface area contributed by atoms with Gasteiger partial charge in [-0.25, -0.2) is 9.78 Å². The minimum absolute atomic E-state index is 0.129. The number of rotatable bonds is 4. The van der Waals surface area contributed by atoms with Crippen molar-refractivity contribution in [3.8, 4) is 0 Å². The van der Waals surface area contributed by atoms with E-state index in [9.17, 15) is 9.90 Å². The molecule has 0 aromatic carbocycles. The molecule has 0 bridgehead atoms. The van der Waals surface area contributed by atoms with Crippen LogP contribution in [0.3, 0.4) is 0 Å². The van der Waals surface area contributed by atoms with E-state index in [1.807, 2.05) is 0 Å². The van der Waals surface area contributed by atoms with E-state index in [1.165, 1.54) is 6.20 Å². The first-order valence-corrected chi connectivity index (χ1v) is 4.40. The standard InChI is InChI=1S/C9H13N3O3/c1-9(2,15)5-11-7-4-10-3-6(12-7)8(13)14/h3-4,15H,5H2,1-2H3,(H,11,12)(H,13,14). The summed E-state index contributed by atoms with van der Waals surface area (Å²) in [6.45, 7) is 3.54. The van der Waals surface area contributed by atoms with Gasteiger partial charge >= 0.3 is 5.97 Å². The number of aromatic carboxylic acids is 1. The van der Waals surface area contributed by atoms with Crippen LogP contribution in [0.5, 0.6) is 0 Å². The van der Waals surface area contributed by atoms with Crippen LogP contribution in [0.15, 0.2) is 12.4 Å². The minimum atomic E-state index is -1.13. The van der Waals surface area contributed by atoms with Gasteiger partial charge in [-0.1, -0.05) is 0 Å².